The Kier molecular flexibility index (Phi) is 4.00. The number of carbonyl (C=O) groups is 1. The van der Waals surface area contributed by atoms with Gasteiger partial charge < -0.3 is 0 Å². The normalized spacial score (nSPS) is 10.1. The Labute approximate surface area is 91.0 Å². The van der Waals surface area contributed by atoms with Crippen molar-refractivity contribution in [2.24, 2.45) is 0 Å². The van der Waals surface area contributed by atoms with Crippen LogP contribution in [-0.2, 0) is 0 Å². The van der Waals surface area contributed by atoms with Crippen LogP contribution >= 0.6 is 27.7 Å². The molecule has 0 aliphatic carbocycles. The molecule has 0 fully saturated rings. The van der Waals surface area contributed by atoms with E-state index in [0.717, 1.165) is 10.0 Å². The summed E-state index contributed by atoms with van der Waals surface area (Å²) >= 11 is 5.06. The molecule has 0 radical (unpaired) electrons. The van der Waals surface area contributed by atoms with Crippen molar-refractivity contribution in [2.45, 2.75) is 18.2 Å². The van der Waals surface area contributed by atoms with Gasteiger partial charge in [0.25, 0.3) is 0 Å². The number of thioether (sulfide) groups is 1. The molecule has 0 aliphatic rings. The van der Waals surface area contributed by atoms with Gasteiger partial charge in [0.15, 0.2) is 5.78 Å². The maximum atomic E-state index is 11.4. The van der Waals surface area contributed by atoms with Crippen molar-refractivity contribution in [3.05, 3.63) is 28.2 Å². The van der Waals surface area contributed by atoms with E-state index in [-0.39, 0.29) is 5.78 Å². The van der Waals surface area contributed by atoms with Crippen LogP contribution in [0.25, 0.3) is 0 Å². The second kappa shape index (κ2) is 4.82. The van der Waals surface area contributed by atoms with E-state index in [0.29, 0.717) is 6.42 Å². The predicted molar refractivity (Wildman–Crippen MR) is 60.5 cm³/mol. The van der Waals surface area contributed by atoms with Crippen molar-refractivity contribution in [2.75, 3.05) is 6.26 Å². The van der Waals surface area contributed by atoms with Gasteiger partial charge in [-0.1, -0.05) is 22.9 Å². The predicted octanol–water partition coefficient (Wildman–Crippen LogP) is 3.76. The lowest BCUT2D eigenvalue weighted by atomic mass is 10.1. The van der Waals surface area contributed by atoms with Crippen LogP contribution in [0, 0.1) is 0 Å². The van der Waals surface area contributed by atoms with Crippen LogP contribution in [0.5, 0.6) is 0 Å². The molecule has 0 bridgehead atoms. The maximum absolute atomic E-state index is 11.4. The third-order valence-corrected chi connectivity index (χ3v) is 3.18. The minimum absolute atomic E-state index is 0.180. The number of hydrogen-bond acceptors (Lipinski definition) is 2. The Balaban J connectivity index is 3.05. The van der Waals surface area contributed by atoms with Crippen molar-refractivity contribution >= 4 is 33.5 Å². The Hall–Kier alpha value is -0.280. The van der Waals surface area contributed by atoms with Gasteiger partial charge in [0.05, 0.1) is 0 Å². The van der Waals surface area contributed by atoms with Crippen molar-refractivity contribution < 1.29 is 4.79 Å². The Bertz CT molecular complexity index is 323. The fraction of sp³-hybridized carbons (Fsp3) is 0.300. The van der Waals surface area contributed by atoms with Crippen molar-refractivity contribution in [1.82, 2.24) is 0 Å². The molecule has 0 saturated heterocycles. The summed E-state index contributed by atoms with van der Waals surface area (Å²) in [6.07, 6.45) is 2.57. The molecule has 1 aromatic carbocycles. The van der Waals surface area contributed by atoms with E-state index < -0.39 is 0 Å². The largest absolute Gasteiger partial charge is 0.294 e. The third kappa shape index (κ3) is 2.58. The molecule has 0 aromatic heterocycles. The SMILES string of the molecule is CCC(=O)c1ccc(SC)cc1Br. The summed E-state index contributed by atoms with van der Waals surface area (Å²) in [5, 5.41) is 0. The molecule has 0 saturated carbocycles. The van der Waals surface area contributed by atoms with Gasteiger partial charge in [0.1, 0.15) is 0 Å². The van der Waals surface area contributed by atoms with Crippen LogP contribution in [-0.4, -0.2) is 12.0 Å². The molecule has 0 unspecified atom stereocenters. The zero-order valence-corrected chi connectivity index (χ0v) is 10.0. The lowest BCUT2D eigenvalue weighted by Crippen LogP contribution is -1.97. The Morgan fingerprint density at radius 2 is 2.23 bits per heavy atom. The fourth-order valence-corrected chi connectivity index (χ4v) is 2.23. The molecule has 1 nitrogen and oxygen atoms in total. The van der Waals surface area contributed by atoms with Crippen molar-refractivity contribution in [3.8, 4) is 0 Å². The molecule has 3 heteroatoms. The second-order valence-corrected chi connectivity index (χ2v) is 4.36. The highest BCUT2D eigenvalue weighted by molar-refractivity contribution is 9.10. The van der Waals surface area contributed by atoms with Crippen LogP contribution in [0.3, 0.4) is 0 Å². The summed E-state index contributed by atoms with van der Waals surface area (Å²) in [4.78, 5) is 12.6. The number of carbonyl (C=O) groups excluding carboxylic acids is 1. The van der Waals surface area contributed by atoms with E-state index in [2.05, 4.69) is 15.9 Å². The molecule has 0 spiro atoms. The minimum atomic E-state index is 0.180. The summed E-state index contributed by atoms with van der Waals surface area (Å²) in [6, 6.07) is 5.83. The topological polar surface area (TPSA) is 17.1 Å². The van der Waals surface area contributed by atoms with E-state index >= 15 is 0 Å². The standard InChI is InChI=1S/C10H11BrOS/c1-3-10(12)8-5-4-7(13-2)6-9(8)11/h4-6H,3H2,1-2H3. The zero-order valence-electron chi connectivity index (χ0n) is 7.63. The molecule has 0 N–H and O–H groups in total. The third-order valence-electron chi connectivity index (χ3n) is 1.80. The van der Waals surface area contributed by atoms with E-state index in [1.54, 1.807) is 11.8 Å². The Morgan fingerprint density at radius 1 is 1.54 bits per heavy atom. The number of hydrogen-bond donors (Lipinski definition) is 0. The lowest BCUT2D eigenvalue weighted by molar-refractivity contribution is 0.0987. The van der Waals surface area contributed by atoms with Crippen LogP contribution in [0.1, 0.15) is 23.7 Å². The maximum Gasteiger partial charge on any atom is 0.163 e. The van der Waals surface area contributed by atoms with Gasteiger partial charge in [-0.05, 0) is 24.5 Å². The summed E-state index contributed by atoms with van der Waals surface area (Å²) < 4.78 is 0.895. The first kappa shape index (κ1) is 10.8. The number of halogens is 1. The number of ketones is 1. The highest BCUT2D eigenvalue weighted by Crippen LogP contribution is 2.24. The average molecular weight is 259 g/mol. The molecule has 1 aromatic rings. The molecule has 1 rings (SSSR count). The van der Waals surface area contributed by atoms with Gasteiger partial charge in [0.2, 0.25) is 0 Å². The number of benzene rings is 1. The first-order valence-corrected chi connectivity index (χ1v) is 6.07. The van der Waals surface area contributed by atoms with Crippen LogP contribution in [0.15, 0.2) is 27.6 Å². The fourth-order valence-electron chi connectivity index (χ4n) is 1.04. The molecule has 0 aliphatic heterocycles. The van der Waals surface area contributed by atoms with E-state index in [4.69, 9.17) is 0 Å². The quantitative estimate of drug-likeness (QED) is 0.607. The summed E-state index contributed by atoms with van der Waals surface area (Å²) in [7, 11) is 0. The van der Waals surface area contributed by atoms with E-state index in [1.807, 2.05) is 31.4 Å². The van der Waals surface area contributed by atoms with Gasteiger partial charge in [-0.3, -0.25) is 4.79 Å². The van der Waals surface area contributed by atoms with E-state index in [1.165, 1.54) is 4.90 Å². The monoisotopic (exact) mass is 258 g/mol. The van der Waals surface area contributed by atoms with E-state index in [9.17, 15) is 4.79 Å². The van der Waals surface area contributed by atoms with Crippen molar-refractivity contribution in [1.29, 1.82) is 0 Å². The first-order valence-electron chi connectivity index (χ1n) is 4.05. The lowest BCUT2D eigenvalue weighted by Gasteiger charge is -2.03. The smallest absolute Gasteiger partial charge is 0.163 e. The van der Waals surface area contributed by atoms with Crippen molar-refractivity contribution in [3.63, 3.8) is 0 Å². The number of rotatable bonds is 3. The average Bonchev–Trinajstić information content (AvgIpc) is 2.16. The highest BCUT2D eigenvalue weighted by atomic mass is 79.9. The second-order valence-electron chi connectivity index (χ2n) is 2.62. The summed E-state index contributed by atoms with van der Waals surface area (Å²) in [5.74, 6) is 0.180. The molecule has 70 valence electrons. The number of Topliss-reactive ketones (excluding diaryl/α,β-unsaturated/α-hetero) is 1. The van der Waals surface area contributed by atoms with Crippen LogP contribution < -0.4 is 0 Å². The van der Waals surface area contributed by atoms with Gasteiger partial charge >= 0.3 is 0 Å². The molecular formula is C10H11BrOS. The highest BCUT2D eigenvalue weighted by Gasteiger charge is 2.07. The molecule has 0 atom stereocenters. The first-order chi connectivity index (χ1) is 6.19. The van der Waals surface area contributed by atoms with Crippen LogP contribution in [0.4, 0.5) is 0 Å². The van der Waals surface area contributed by atoms with Gasteiger partial charge in [0, 0.05) is 21.4 Å². The molecule has 0 amide bonds. The Morgan fingerprint density at radius 3 is 2.69 bits per heavy atom. The van der Waals surface area contributed by atoms with Gasteiger partial charge in [-0.25, -0.2) is 0 Å². The minimum Gasteiger partial charge on any atom is -0.294 e. The summed E-state index contributed by atoms with van der Waals surface area (Å²) in [5.41, 5.74) is 0.778. The van der Waals surface area contributed by atoms with Gasteiger partial charge in [-0.15, -0.1) is 11.8 Å². The molecule has 0 heterocycles. The van der Waals surface area contributed by atoms with Gasteiger partial charge in [-0.2, -0.15) is 0 Å². The van der Waals surface area contributed by atoms with Crippen LogP contribution in [0.2, 0.25) is 0 Å². The molecule has 13 heavy (non-hydrogen) atoms. The molecular weight excluding hydrogens is 248 g/mol. The summed E-state index contributed by atoms with van der Waals surface area (Å²) in [6.45, 7) is 1.87. The zero-order chi connectivity index (χ0) is 9.84.